The van der Waals surface area contributed by atoms with Crippen LogP contribution < -0.4 is 0 Å². The topological polar surface area (TPSA) is 293 Å². The summed E-state index contributed by atoms with van der Waals surface area (Å²) in [4.78, 5) is 101. The highest BCUT2D eigenvalue weighted by atomic mass is 16.6. The van der Waals surface area contributed by atoms with E-state index < -0.39 is 40.4 Å². The van der Waals surface area contributed by atoms with Gasteiger partial charge in [-0.3, -0.25) is 38.4 Å². The van der Waals surface area contributed by atoms with Crippen LogP contribution in [0.5, 0.6) is 0 Å². The Morgan fingerprint density at radius 3 is 1.16 bits per heavy atom. The summed E-state index contributed by atoms with van der Waals surface area (Å²) in [5.74, 6) is 7.99. The van der Waals surface area contributed by atoms with Gasteiger partial charge in [-0.05, 0) is 260 Å². The van der Waals surface area contributed by atoms with Crippen molar-refractivity contribution in [3.63, 3.8) is 0 Å². The zero-order valence-corrected chi connectivity index (χ0v) is 87.6. The lowest BCUT2D eigenvalue weighted by atomic mass is 9.64. The first-order valence-electron chi connectivity index (χ1n) is 54.4. The van der Waals surface area contributed by atoms with E-state index in [1.165, 1.54) is 73.4 Å². The molecule has 0 aromatic rings. The molecule has 19 rings (SSSR count). The Balaban J connectivity index is 0.000000130. The monoisotopic (exact) mass is 1900 g/mol. The molecule has 12 bridgehead atoms. The number of hydrogen-bond acceptors (Lipinski definition) is 25. The van der Waals surface area contributed by atoms with Crippen molar-refractivity contribution in [3.05, 3.63) is 0 Å². The van der Waals surface area contributed by atoms with Gasteiger partial charge in [0.2, 0.25) is 0 Å². The minimum Gasteiger partial charge on any atom is -0.469 e. The lowest BCUT2D eigenvalue weighted by molar-refractivity contribution is -0.176. The molecular weight excluding hydrogens is 1720 g/mol. The minimum absolute atomic E-state index is 0.000509. The second-order valence-corrected chi connectivity index (χ2v) is 46.3. The van der Waals surface area contributed by atoms with Gasteiger partial charge < -0.3 is 80.5 Å². The minimum atomic E-state index is -0.586. The van der Waals surface area contributed by atoms with Crippen molar-refractivity contribution in [1.29, 1.82) is 0 Å². The average molecular weight is 1900 g/mol. The maximum absolute atomic E-state index is 13.5. The summed E-state index contributed by atoms with van der Waals surface area (Å²) in [7, 11) is 7.46. The number of ether oxygens (including phenoxy) is 17. The molecule has 12 heterocycles. The van der Waals surface area contributed by atoms with E-state index in [-0.39, 0.29) is 174 Å². The quantitative estimate of drug-likeness (QED) is 0.0545. The molecule has 7 saturated carbocycles. The fraction of sp³-hybridized carbons (Fsp3) is 0.927. The van der Waals surface area contributed by atoms with Crippen molar-refractivity contribution in [3.8, 4) is 0 Å². The van der Waals surface area contributed by atoms with E-state index >= 15 is 0 Å². The molecule has 19 fully saturated rings. The van der Waals surface area contributed by atoms with Gasteiger partial charge in [-0.1, -0.05) is 130 Å². The first-order chi connectivity index (χ1) is 64.5. The molecule has 7 aliphatic carbocycles. The summed E-state index contributed by atoms with van der Waals surface area (Å²) in [6.07, 6.45) is 26.7. The Morgan fingerprint density at radius 1 is 0.356 bits per heavy atom. The SMILES string of the molecule is CCC1CC(CC)C2C3CC(C(C(=O)OC)C3C(=O)OC3(CC)CCCC3)C12.CCC1CC(CC)C2C3CC(C(COC)C3C(=O)OC)C12.CCC1OC(CC)C2C1C1CC(C)(C(=O)OC(C)(C)CC)C2O1.CCC1OC(CC)C2C3OC(C(C(=O)OC)C3C(=O)OC)C12.CCC1OC(CC)C2C3OC(CC3C(=O)OC(C)(C)C)C12.CCOC(=O)C1C(C)C2OC1C1C(CC)OC(CC)C21. The van der Waals surface area contributed by atoms with Crippen molar-refractivity contribution < 1.29 is 119 Å². The number of carbonyl (C=O) groups excluding carboxylic acids is 8. The Bertz CT molecular complexity index is 3980. The molecule has 0 radical (unpaired) electrons. The first kappa shape index (κ1) is 106. The average Bonchev–Trinajstić information content (AvgIpc) is 1.57. The van der Waals surface area contributed by atoms with Crippen LogP contribution in [0.2, 0.25) is 0 Å². The summed E-state index contributed by atoms with van der Waals surface area (Å²) in [5.41, 5.74) is -1.66. The molecule has 0 amide bonds. The normalized spacial score (nSPS) is 45.8. The number of esters is 8. The Labute approximate surface area is 809 Å². The van der Waals surface area contributed by atoms with Gasteiger partial charge >= 0.3 is 47.8 Å². The van der Waals surface area contributed by atoms with E-state index in [2.05, 4.69) is 96.9 Å². The molecule has 135 heavy (non-hydrogen) atoms. The van der Waals surface area contributed by atoms with E-state index in [0.717, 1.165) is 139 Å². The van der Waals surface area contributed by atoms with Crippen LogP contribution in [0.15, 0.2) is 0 Å². The fourth-order valence-electron chi connectivity index (χ4n) is 33.3. The van der Waals surface area contributed by atoms with E-state index in [0.29, 0.717) is 108 Å². The largest absolute Gasteiger partial charge is 0.469 e. The molecule has 25 nitrogen and oxygen atoms in total. The maximum atomic E-state index is 13.5. The van der Waals surface area contributed by atoms with Gasteiger partial charge in [0.05, 0.1) is 186 Å². The summed E-state index contributed by atoms with van der Waals surface area (Å²) in [5, 5.41) is 0. The summed E-state index contributed by atoms with van der Waals surface area (Å²) in [6, 6.07) is 0. The van der Waals surface area contributed by atoms with Crippen molar-refractivity contribution >= 4 is 47.8 Å². The molecule has 0 aromatic carbocycles. The molecule has 0 aromatic heterocycles. The molecule has 0 N–H and O–H groups in total. The predicted molar refractivity (Wildman–Crippen MR) is 506 cm³/mol. The molecule has 12 aliphatic heterocycles. The lowest BCUT2D eigenvalue weighted by Crippen LogP contribution is -2.49. The predicted octanol–water partition coefficient (Wildman–Crippen LogP) is 18.6. The molecule has 0 spiro atoms. The molecule has 25 heteroatoms. The van der Waals surface area contributed by atoms with Gasteiger partial charge in [0, 0.05) is 54.5 Å². The van der Waals surface area contributed by atoms with Crippen LogP contribution in [0.1, 0.15) is 306 Å². The summed E-state index contributed by atoms with van der Waals surface area (Å²) < 4.78 is 98.2. The van der Waals surface area contributed by atoms with Crippen molar-refractivity contribution in [2.45, 2.75) is 421 Å². The Morgan fingerprint density at radius 2 is 0.741 bits per heavy atom. The highest BCUT2D eigenvalue weighted by molar-refractivity contribution is 5.85. The zero-order chi connectivity index (χ0) is 98.0. The number of fused-ring (bicyclic) bond motifs is 30. The van der Waals surface area contributed by atoms with Crippen LogP contribution in [0.3, 0.4) is 0 Å². The van der Waals surface area contributed by atoms with Crippen molar-refractivity contribution in [1.82, 2.24) is 0 Å². The second kappa shape index (κ2) is 43.5. The highest BCUT2D eigenvalue weighted by Gasteiger charge is 2.75. The Kier molecular flexibility index (Phi) is 34.2. The van der Waals surface area contributed by atoms with E-state index in [4.69, 9.17) is 80.5 Å². The zero-order valence-electron chi connectivity index (χ0n) is 87.6. The molecule has 12 saturated heterocycles. The molecule has 46 atom stereocenters. The summed E-state index contributed by atoms with van der Waals surface area (Å²) >= 11 is 0. The molecule has 46 unspecified atom stereocenters. The molecule has 768 valence electrons. The van der Waals surface area contributed by atoms with Crippen LogP contribution >= 0.6 is 0 Å². The lowest BCUT2D eigenvalue weighted by Gasteiger charge is -2.40. The van der Waals surface area contributed by atoms with Crippen molar-refractivity contribution in [2.75, 3.05) is 48.8 Å². The van der Waals surface area contributed by atoms with Crippen LogP contribution in [0, 0.1) is 177 Å². The van der Waals surface area contributed by atoms with Gasteiger partial charge in [0.1, 0.15) is 16.8 Å². The van der Waals surface area contributed by atoms with Crippen LogP contribution in [0.4, 0.5) is 0 Å². The number of hydrogen-bond donors (Lipinski definition) is 0. The van der Waals surface area contributed by atoms with Gasteiger partial charge in [-0.2, -0.15) is 0 Å². The Hall–Kier alpha value is -4.60. The maximum Gasteiger partial charge on any atom is 0.315 e. The van der Waals surface area contributed by atoms with Crippen LogP contribution in [-0.4, -0.2) is 211 Å². The fourth-order valence-corrected chi connectivity index (χ4v) is 33.3. The van der Waals surface area contributed by atoms with Crippen LogP contribution in [0.25, 0.3) is 0 Å². The number of methoxy groups -OCH3 is 5. The third-order valence-electron chi connectivity index (χ3n) is 39.1. The van der Waals surface area contributed by atoms with Crippen molar-refractivity contribution in [2.24, 2.45) is 177 Å². The number of rotatable bonds is 27. The van der Waals surface area contributed by atoms with E-state index in [1.807, 2.05) is 55.4 Å². The van der Waals surface area contributed by atoms with Crippen LogP contribution in [-0.2, 0) is 119 Å². The van der Waals surface area contributed by atoms with Gasteiger partial charge in [-0.15, -0.1) is 0 Å². The molecule has 19 aliphatic rings. The highest BCUT2D eigenvalue weighted by Crippen LogP contribution is 2.71. The third kappa shape index (κ3) is 19.0. The van der Waals surface area contributed by atoms with E-state index in [1.54, 1.807) is 7.11 Å². The van der Waals surface area contributed by atoms with Gasteiger partial charge in [0.15, 0.2) is 0 Å². The first-order valence-corrected chi connectivity index (χ1v) is 54.4. The smallest absolute Gasteiger partial charge is 0.315 e. The van der Waals surface area contributed by atoms with E-state index in [9.17, 15) is 38.4 Å². The van der Waals surface area contributed by atoms with Gasteiger partial charge in [-0.25, -0.2) is 0 Å². The molecular formula is C110H178O25. The van der Waals surface area contributed by atoms with Gasteiger partial charge in [0.25, 0.3) is 0 Å². The second-order valence-electron chi connectivity index (χ2n) is 46.3. The summed E-state index contributed by atoms with van der Waals surface area (Å²) in [6.45, 7) is 47.5. The third-order valence-corrected chi connectivity index (χ3v) is 39.1. The number of carbonyl (C=O) groups is 8. The standard InChI is InChI=1S/C24H38O4.C19H32O4.C18H30O3.C17H28O4.C16H24O6.C16H26O4/c1-5-14-12-15(6-2)19-17-13-16(18(14)19)20(22(25)27-4)21(17)23(26)28-24(7-3)10-8-9-11-24;1-7-11-14-13-10-19(6,17(20)23-18(4,5)9-3)16(22-13)15(14)12(8-2)21-11;1-5-10-7-11(6-2)16-13-8-12(15(10)16)14(9-20-3)17(13)18(19)21-4;1-6-10-13-12-8-9(16(18)21-17(3,4)5)15(20-12)14(13)11(7-2)19-10;1-5-7-9-10(8(6-2)21-7)14-12(16(18)20-4)11(13(9)22-14)15(17)19-3;1-5-9-12-13(10(6-2)19-9)15-11(16(17)18-7-3)8(4)14(12)20-15/h14-21H,5-13H2,1-4H3;11-16H,7-10H2,1-6H3;10-17H,5-9H2,1-4H3;9-15H,6-8H2,1-5H3;7-14H,5-6H2,1-4H3;8-15H,5-7H2,1-4H3.